The lowest BCUT2D eigenvalue weighted by atomic mass is 10.0. The van der Waals surface area contributed by atoms with Crippen molar-refractivity contribution in [1.29, 1.82) is 0 Å². The SMILES string of the molecule is CCNCC(C(C)C)N1CCN(c2cccc(C)c2)CC1. The van der Waals surface area contributed by atoms with Crippen LogP contribution in [-0.2, 0) is 0 Å². The topological polar surface area (TPSA) is 18.5 Å². The van der Waals surface area contributed by atoms with Crippen LogP contribution in [0.5, 0.6) is 0 Å². The second-order valence-corrected chi connectivity index (χ2v) is 6.48. The Kier molecular flexibility index (Phi) is 6.07. The zero-order valence-electron chi connectivity index (χ0n) is 14.1. The zero-order chi connectivity index (χ0) is 15.2. The van der Waals surface area contributed by atoms with Crippen molar-refractivity contribution in [3.05, 3.63) is 29.8 Å². The maximum atomic E-state index is 3.52. The summed E-state index contributed by atoms with van der Waals surface area (Å²) in [6.07, 6.45) is 0. The number of nitrogens with one attached hydrogen (secondary N) is 1. The summed E-state index contributed by atoms with van der Waals surface area (Å²) in [7, 11) is 0. The van der Waals surface area contributed by atoms with Gasteiger partial charge < -0.3 is 10.2 Å². The first-order chi connectivity index (χ1) is 10.1. The van der Waals surface area contributed by atoms with Gasteiger partial charge in [-0.2, -0.15) is 0 Å². The highest BCUT2D eigenvalue weighted by Crippen LogP contribution is 2.20. The van der Waals surface area contributed by atoms with Gasteiger partial charge in [-0.3, -0.25) is 4.90 Å². The fraction of sp³-hybridized carbons (Fsp3) is 0.667. The fourth-order valence-corrected chi connectivity index (χ4v) is 3.22. The van der Waals surface area contributed by atoms with Crippen LogP contribution in [0.4, 0.5) is 5.69 Å². The molecule has 21 heavy (non-hydrogen) atoms. The lowest BCUT2D eigenvalue weighted by molar-refractivity contribution is 0.144. The fourth-order valence-electron chi connectivity index (χ4n) is 3.22. The third kappa shape index (κ3) is 4.45. The van der Waals surface area contributed by atoms with E-state index in [1.807, 2.05) is 0 Å². The van der Waals surface area contributed by atoms with E-state index in [1.165, 1.54) is 24.3 Å². The molecule has 1 aromatic carbocycles. The van der Waals surface area contributed by atoms with Crippen molar-refractivity contribution in [3.63, 3.8) is 0 Å². The van der Waals surface area contributed by atoms with Crippen molar-refractivity contribution in [2.75, 3.05) is 44.2 Å². The third-order valence-electron chi connectivity index (χ3n) is 4.52. The van der Waals surface area contributed by atoms with Gasteiger partial charge in [-0.05, 0) is 37.1 Å². The smallest absolute Gasteiger partial charge is 0.0369 e. The summed E-state index contributed by atoms with van der Waals surface area (Å²) in [6.45, 7) is 15.8. The highest BCUT2D eigenvalue weighted by atomic mass is 15.3. The summed E-state index contributed by atoms with van der Waals surface area (Å²) in [5.74, 6) is 0.703. The number of benzene rings is 1. The molecular formula is C18H31N3. The van der Waals surface area contributed by atoms with Crippen LogP contribution in [0.3, 0.4) is 0 Å². The number of nitrogens with zero attached hydrogens (tertiary/aromatic N) is 2. The summed E-state index contributed by atoms with van der Waals surface area (Å²) in [5.41, 5.74) is 2.73. The Morgan fingerprint density at radius 3 is 2.43 bits per heavy atom. The van der Waals surface area contributed by atoms with Crippen molar-refractivity contribution in [3.8, 4) is 0 Å². The molecule has 1 atom stereocenters. The Morgan fingerprint density at radius 1 is 1.14 bits per heavy atom. The standard InChI is InChI=1S/C18H31N3/c1-5-19-14-18(15(2)3)21-11-9-20(10-12-21)17-8-6-7-16(4)13-17/h6-8,13,15,18-19H,5,9-12,14H2,1-4H3. The molecule has 0 aromatic heterocycles. The molecule has 1 saturated heterocycles. The van der Waals surface area contributed by atoms with Crippen LogP contribution in [-0.4, -0.2) is 50.2 Å². The Hall–Kier alpha value is -1.06. The molecule has 1 aliphatic heterocycles. The molecule has 1 aromatic rings. The number of rotatable bonds is 6. The first-order valence-corrected chi connectivity index (χ1v) is 8.38. The predicted octanol–water partition coefficient (Wildman–Crippen LogP) is 2.75. The summed E-state index contributed by atoms with van der Waals surface area (Å²) in [5, 5.41) is 3.52. The second kappa shape index (κ2) is 7.81. The quantitative estimate of drug-likeness (QED) is 0.869. The normalized spacial score (nSPS) is 18.2. The number of piperazine rings is 1. The molecule has 2 rings (SSSR count). The second-order valence-electron chi connectivity index (χ2n) is 6.48. The van der Waals surface area contributed by atoms with Gasteiger partial charge in [-0.1, -0.05) is 32.9 Å². The Bertz CT molecular complexity index is 422. The van der Waals surface area contributed by atoms with E-state index in [-0.39, 0.29) is 0 Å². The molecule has 0 radical (unpaired) electrons. The molecule has 1 heterocycles. The molecule has 1 fully saturated rings. The number of anilines is 1. The molecule has 0 spiro atoms. The van der Waals surface area contributed by atoms with E-state index in [1.54, 1.807) is 0 Å². The first kappa shape index (κ1) is 16.3. The van der Waals surface area contributed by atoms with Crippen LogP contribution >= 0.6 is 0 Å². The summed E-state index contributed by atoms with van der Waals surface area (Å²) in [6, 6.07) is 9.53. The Morgan fingerprint density at radius 2 is 1.86 bits per heavy atom. The lowest BCUT2D eigenvalue weighted by Crippen LogP contribution is -2.54. The molecule has 0 bridgehead atoms. The van der Waals surface area contributed by atoms with Crippen molar-refractivity contribution in [2.45, 2.75) is 33.7 Å². The summed E-state index contributed by atoms with van der Waals surface area (Å²) >= 11 is 0. The number of hydrogen-bond donors (Lipinski definition) is 1. The van der Waals surface area contributed by atoms with Crippen LogP contribution in [0.1, 0.15) is 26.3 Å². The van der Waals surface area contributed by atoms with Gasteiger partial charge in [0.05, 0.1) is 0 Å². The average Bonchev–Trinajstić information content (AvgIpc) is 2.48. The molecule has 3 nitrogen and oxygen atoms in total. The van der Waals surface area contributed by atoms with E-state index in [2.05, 4.69) is 67.1 Å². The Balaban J connectivity index is 1.92. The molecular weight excluding hydrogens is 258 g/mol. The van der Waals surface area contributed by atoms with Gasteiger partial charge in [0.15, 0.2) is 0 Å². The van der Waals surface area contributed by atoms with Gasteiger partial charge in [0.1, 0.15) is 0 Å². The molecule has 1 aliphatic rings. The number of hydrogen-bond acceptors (Lipinski definition) is 3. The summed E-state index contributed by atoms with van der Waals surface area (Å²) < 4.78 is 0. The van der Waals surface area contributed by atoms with Gasteiger partial charge >= 0.3 is 0 Å². The predicted molar refractivity (Wildman–Crippen MR) is 92.1 cm³/mol. The average molecular weight is 289 g/mol. The van der Waals surface area contributed by atoms with Crippen molar-refractivity contribution in [1.82, 2.24) is 10.2 Å². The highest BCUT2D eigenvalue weighted by Gasteiger charge is 2.25. The van der Waals surface area contributed by atoms with Crippen LogP contribution < -0.4 is 10.2 Å². The number of aryl methyl sites for hydroxylation is 1. The molecule has 118 valence electrons. The van der Waals surface area contributed by atoms with E-state index in [0.717, 1.165) is 26.2 Å². The minimum Gasteiger partial charge on any atom is -0.369 e. The largest absolute Gasteiger partial charge is 0.369 e. The minimum absolute atomic E-state index is 0.657. The molecule has 1 N–H and O–H groups in total. The van der Waals surface area contributed by atoms with Crippen molar-refractivity contribution >= 4 is 5.69 Å². The van der Waals surface area contributed by atoms with Gasteiger partial charge in [0.25, 0.3) is 0 Å². The molecule has 0 amide bonds. The van der Waals surface area contributed by atoms with E-state index >= 15 is 0 Å². The monoisotopic (exact) mass is 289 g/mol. The maximum Gasteiger partial charge on any atom is 0.0369 e. The van der Waals surface area contributed by atoms with Crippen LogP contribution in [0.2, 0.25) is 0 Å². The molecule has 0 aliphatic carbocycles. The van der Waals surface area contributed by atoms with Crippen molar-refractivity contribution < 1.29 is 0 Å². The van der Waals surface area contributed by atoms with E-state index in [9.17, 15) is 0 Å². The van der Waals surface area contributed by atoms with Gasteiger partial charge in [0.2, 0.25) is 0 Å². The van der Waals surface area contributed by atoms with Crippen LogP contribution in [0, 0.1) is 12.8 Å². The third-order valence-corrected chi connectivity index (χ3v) is 4.52. The zero-order valence-corrected chi connectivity index (χ0v) is 14.1. The Labute approximate surface area is 130 Å². The van der Waals surface area contributed by atoms with Gasteiger partial charge in [-0.15, -0.1) is 0 Å². The van der Waals surface area contributed by atoms with Crippen LogP contribution in [0.25, 0.3) is 0 Å². The van der Waals surface area contributed by atoms with E-state index < -0.39 is 0 Å². The first-order valence-electron chi connectivity index (χ1n) is 8.38. The molecule has 1 unspecified atom stereocenters. The highest BCUT2D eigenvalue weighted by molar-refractivity contribution is 5.48. The lowest BCUT2D eigenvalue weighted by Gasteiger charge is -2.42. The summed E-state index contributed by atoms with van der Waals surface area (Å²) in [4.78, 5) is 5.19. The molecule has 3 heteroatoms. The van der Waals surface area contributed by atoms with E-state index in [4.69, 9.17) is 0 Å². The maximum absolute atomic E-state index is 3.52. The van der Waals surface area contributed by atoms with Crippen molar-refractivity contribution in [2.24, 2.45) is 5.92 Å². The minimum atomic E-state index is 0.657. The number of likely N-dealkylation sites (N-methyl/N-ethyl adjacent to an activating group) is 1. The van der Waals surface area contributed by atoms with Crippen LogP contribution in [0.15, 0.2) is 24.3 Å². The van der Waals surface area contributed by atoms with Gasteiger partial charge in [-0.25, -0.2) is 0 Å². The van der Waals surface area contributed by atoms with Gasteiger partial charge in [0, 0.05) is 44.5 Å². The van der Waals surface area contributed by atoms with E-state index in [0.29, 0.717) is 12.0 Å². The molecule has 0 saturated carbocycles.